The number of allylic oxidation sites excluding steroid dienone is 4. The van der Waals surface area contributed by atoms with Crippen molar-refractivity contribution in [3.05, 3.63) is 111 Å². The van der Waals surface area contributed by atoms with Crippen molar-refractivity contribution >= 4 is 26.0 Å². The van der Waals surface area contributed by atoms with Gasteiger partial charge in [-0.1, -0.05) is 0 Å². The van der Waals surface area contributed by atoms with Crippen LogP contribution in [-0.4, -0.2) is 23.6 Å². The van der Waals surface area contributed by atoms with E-state index in [1.807, 2.05) is 0 Å². The van der Waals surface area contributed by atoms with Crippen molar-refractivity contribution in [1.82, 2.24) is 0 Å². The molecule has 0 heterocycles. The van der Waals surface area contributed by atoms with Gasteiger partial charge in [0.2, 0.25) is 0 Å². The maximum Gasteiger partial charge on any atom is -1.00 e. The van der Waals surface area contributed by atoms with Crippen molar-refractivity contribution in [2.24, 2.45) is 0 Å². The van der Waals surface area contributed by atoms with Crippen LogP contribution in [0.5, 0.6) is 0 Å². The third kappa shape index (κ3) is 8.62. The minimum absolute atomic E-state index is 0. The summed E-state index contributed by atoms with van der Waals surface area (Å²) in [6.07, 6.45) is 0. The zero-order valence-corrected chi connectivity index (χ0v) is 34.9. The molecule has 0 radical (unpaired) electrons. The van der Waals surface area contributed by atoms with Crippen LogP contribution < -0.4 is 47.3 Å². The standard InChI is InChI=1S/C39H52NSi.3ClH.Ti/c1-24-17-25(2)19-34(18-24)41-37(29-15-14-16-33(22-29)40(12)13)36-28(5)26(3)27(4)35(36)30-20-31(38(6,7)8)23-32(21-30)39(9,10)11;;;;/h14-23,37H,41H2,1-13H3;3*1H;/q;;;;+3/p-3. The predicted octanol–water partition coefficient (Wildman–Crippen LogP) is 0.0410. The van der Waals surface area contributed by atoms with Crippen molar-refractivity contribution in [3.63, 3.8) is 0 Å². The average molecular weight is 717 g/mol. The molecule has 3 aromatic carbocycles. The largest absolute Gasteiger partial charge is 1.00 e. The Morgan fingerprint density at radius 3 is 1.67 bits per heavy atom. The second-order valence-electron chi connectivity index (χ2n) is 15.1. The molecule has 0 fully saturated rings. The van der Waals surface area contributed by atoms with Gasteiger partial charge in [-0.05, 0) is 0 Å². The molecule has 0 aliphatic heterocycles. The van der Waals surface area contributed by atoms with E-state index in [0.29, 0.717) is 5.54 Å². The van der Waals surface area contributed by atoms with Crippen LogP contribution in [0.1, 0.15) is 101 Å². The Bertz CT molecular complexity index is 1520. The second kappa shape index (κ2) is 15.3. The molecule has 1 nitrogen and oxygen atoms in total. The van der Waals surface area contributed by atoms with E-state index in [0.717, 1.165) is 0 Å². The van der Waals surface area contributed by atoms with Gasteiger partial charge in [-0.25, -0.2) is 0 Å². The fraction of sp³-hybridized carbons (Fsp3) is 0.436. The van der Waals surface area contributed by atoms with Crippen LogP contribution in [0.2, 0.25) is 3.72 Å². The Labute approximate surface area is 307 Å². The molecule has 2 atom stereocenters. The van der Waals surface area contributed by atoms with Gasteiger partial charge in [-0.3, -0.25) is 0 Å². The summed E-state index contributed by atoms with van der Waals surface area (Å²) in [6, 6.07) is 24.1. The van der Waals surface area contributed by atoms with Crippen LogP contribution in [0.4, 0.5) is 5.69 Å². The molecule has 45 heavy (non-hydrogen) atoms. The van der Waals surface area contributed by atoms with Crippen LogP contribution in [-0.2, 0) is 31.3 Å². The Hall–Kier alpha value is -1.26. The number of hydrogen-bond donors (Lipinski definition) is 0. The van der Waals surface area contributed by atoms with Gasteiger partial charge in [-0.15, -0.1) is 0 Å². The zero-order chi connectivity index (χ0) is 31.4. The first-order chi connectivity index (χ1) is 19.3. The zero-order valence-electron chi connectivity index (χ0n) is 29.6. The molecule has 3 aromatic rings. The fourth-order valence-corrected chi connectivity index (χ4v) is 10.9. The van der Waals surface area contributed by atoms with E-state index < -0.39 is 9.52 Å². The Morgan fingerprint density at radius 1 is 0.689 bits per heavy atom. The molecule has 1 aliphatic carbocycles. The minimum atomic E-state index is -0.740. The van der Waals surface area contributed by atoms with E-state index in [-0.39, 0.29) is 51.8 Å². The quantitative estimate of drug-likeness (QED) is 0.326. The molecule has 1 aliphatic rings. The molecular formula is C39H52Cl3NSiTi. The molecule has 6 heteroatoms. The van der Waals surface area contributed by atoms with Gasteiger partial charge in [0.05, 0.1) is 0 Å². The summed E-state index contributed by atoms with van der Waals surface area (Å²) in [6.45, 7) is 25.8. The molecule has 0 aromatic heterocycles. The van der Waals surface area contributed by atoms with E-state index in [1.165, 1.54) is 61.4 Å². The molecule has 0 bridgehead atoms. The molecular weight excluding hydrogens is 665 g/mol. The van der Waals surface area contributed by atoms with Crippen LogP contribution in [0, 0.1) is 13.8 Å². The molecule has 4 rings (SSSR count). The van der Waals surface area contributed by atoms with Gasteiger partial charge in [0.1, 0.15) is 0 Å². The monoisotopic (exact) mass is 715 g/mol. The van der Waals surface area contributed by atoms with Crippen LogP contribution >= 0.6 is 0 Å². The number of anilines is 1. The summed E-state index contributed by atoms with van der Waals surface area (Å²) in [5.41, 5.74) is 16.3. The molecule has 242 valence electrons. The summed E-state index contributed by atoms with van der Waals surface area (Å²) in [4.78, 5) is 2.24. The molecule has 0 saturated carbocycles. The van der Waals surface area contributed by atoms with Gasteiger partial charge >= 0.3 is 272 Å². The first-order valence-electron chi connectivity index (χ1n) is 15.5. The maximum absolute atomic E-state index is 2.57. The molecule has 0 spiro atoms. The summed E-state index contributed by atoms with van der Waals surface area (Å²) in [5.74, 6) is 0. The third-order valence-electron chi connectivity index (χ3n) is 9.47. The number of aryl methyl sites for hydroxylation is 2. The number of halogens is 3. The summed E-state index contributed by atoms with van der Waals surface area (Å²) < 4.78 is -0.103. The summed E-state index contributed by atoms with van der Waals surface area (Å²) in [7, 11) is 3.57. The van der Waals surface area contributed by atoms with Gasteiger partial charge < -0.3 is 37.2 Å². The predicted molar refractivity (Wildman–Crippen MR) is 185 cm³/mol. The SMILES string of the molecule is CC1=C(C)[C]([Ti+3])(C([SiH2]c2cc(C)cc(C)c2)c2cccc(N(C)C)c2)C(c2cc(C(C)(C)C)cc(C(C)(C)C)c2)=C1C.[Cl-].[Cl-].[Cl-]. The van der Waals surface area contributed by atoms with E-state index in [2.05, 4.69) is 176 Å². The van der Waals surface area contributed by atoms with Crippen molar-refractivity contribution in [2.75, 3.05) is 19.0 Å². The van der Waals surface area contributed by atoms with Crippen molar-refractivity contribution < 1.29 is 57.7 Å². The average Bonchev–Trinajstić information content (AvgIpc) is 3.05. The number of nitrogens with zero attached hydrogens (tertiary/aromatic N) is 1. The van der Waals surface area contributed by atoms with Crippen LogP contribution in [0.25, 0.3) is 5.57 Å². The van der Waals surface area contributed by atoms with E-state index in [9.17, 15) is 0 Å². The van der Waals surface area contributed by atoms with E-state index in [4.69, 9.17) is 0 Å². The Balaban J connectivity index is 0.00000337. The Kier molecular flexibility index (Phi) is 14.2. The van der Waals surface area contributed by atoms with Gasteiger partial charge in [0.15, 0.2) is 0 Å². The minimum Gasteiger partial charge on any atom is -1.00 e. The number of benzene rings is 3. The first kappa shape index (κ1) is 41.8. The molecule has 0 amide bonds. The summed E-state index contributed by atoms with van der Waals surface area (Å²) >= 11 is 2.57. The third-order valence-corrected chi connectivity index (χ3v) is 14.0. The topological polar surface area (TPSA) is 3.24 Å². The van der Waals surface area contributed by atoms with Crippen LogP contribution in [0.3, 0.4) is 0 Å². The van der Waals surface area contributed by atoms with Crippen molar-refractivity contribution in [2.45, 2.75) is 96.3 Å². The van der Waals surface area contributed by atoms with Gasteiger partial charge in [0.25, 0.3) is 0 Å². The number of hydrogen-bond acceptors (Lipinski definition) is 1. The van der Waals surface area contributed by atoms with E-state index >= 15 is 0 Å². The van der Waals surface area contributed by atoms with Gasteiger partial charge in [0, 0.05) is 0 Å². The van der Waals surface area contributed by atoms with Crippen LogP contribution in [0.15, 0.2) is 77.4 Å². The first-order valence-corrected chi connectivity index (χ1v) is 17.8. The van der Waals surface area contributed by atoms with E-state index in [1.54, 1.807) is 5.19 Å². The molecule has 0 N–H and O–H groups in total. The second-order valence-corrected chi connectivity index (χ2v) is 18.4. The molecule has 0 saturated heterocycles. The van der Waals surface area contributed by atoms with Crippen molar-refractivity contribution in [1.29, 1.82) is 0 Å². The fourth-order valence-electron chi connectivity index (χ4n) is 6.73. The van der Waals surface area contributed by atoms with Gasteiger partial charge in [-0.2, -0.15) is 0 Å². The summed E-state index contributed by atoms with van der Waals surface area (Å²) in [5, 5.41) is 1.56. The maximum atomic E-state index is 2.57. The Morgan fingerprint density at radius 2 is 1.20 bits per heavy atom. The normalized spacial score (nSPS) is 17.7. The molecule has 2 unspecified atom stereocenters. The van der Waals surface area contributed by atoms with Crippen molar-refractivity contribution in [3.8, 4) is 0 Å². The number of rotatable bonds is 6. The smallest absolute Gasteiger partial charge is 1.00 e.